The minimum Gasteiger partial charge on any atom is -0.488 e. The van der Waals surface area contributed by atoms with Crippen molar-refractivity contribution in [3.05, 3.63) is 23.5 Å². The van der Waals surface area contributed by atoms with Crippen LogP contribution >= 0.6 is 0 Å². The molecule has 0 fully saturated rings. The number of benzene rings is 1. The lowest BCUT2D eigenvalue weighted by atomic mass is 10.1. The maximum absolute atomic E-state index is 13.7. The first-order chi connectivity index (χ1) is 9.95. The van der Waals surface area contributed by atoms with Crippen LogP contribution in [0.2, 0.25) is 0 Å². The van der Waals surface area contributed by atoms with Crippen molar-refractivity contribution in [3.63, 3.8) is 0 Å². The normalized spacial score (nSPS) is 10.7. The van der Waals surface area contributed by atoms with E-state index in [1.165, 1.54) is 6.07 Å². The average Bonchev–Trinajstić information content (AvgIpc) is 2.40. The number of hydrogen-bond acceptors (Lipinski definition) is 5. The summed E-state index contributed by atoms with van der Waals surface area (Å²) in [6, 6.07) is 2.31. The number of halogens is 1. The van der Waals surface area contributed by atoms with Gasteiger partial charge in [0.05, 0.1) is 18.8 Å². The second-order valence-electron chi connectivity index (χ2n) is 4.91. The highest BCUT2D eigenvalue weighted by molar-refractivity contribution is 5.95. The first-order valence-corrected chi connectivity index (χ1v) is 6.92. The van der Waals surface area contributed by atoms with E-state index >= 15 is 0 Å². The van der Waals surface area contributed by atoms with Crippen molar-refractivity contribution in [2.24, 2.45) is 5.92 Å². The van der Waals surface area contributed by atoms with Gasteiger partial charge in [0, 0.05) is 18.4 Å². The molecule has 6 heteroatoms. The molecule has 0 radical (unpaired) electrons. The SMILES string of the molecule is CCOC(=O)c1cc(OCCOCC(C)C)c(F)cc1N. The van der Waals surface area contributed by atoms with Gasteiger partial charge in [-0.05, 0) is 18.9 Å². The van der Waals surface area contributed by atoms with Crippen LogP contribution < -0.4 is 10.5 Å². The Hall–Kier alpha value is -1.82. The van der Waals surface area contributed by atoms with E-state index in [0.717, 1.165) is 6.07 Å². The van der Waals surface area contributed by atoms with Crippen molar-refractivity contribution >= 4 is 11.7 Å². The molecule has 0 saturated heterocycles. The summed E-state index contributed by atoms with van der Waals surface area (Å²) in [5, 5.41) is 0. The number of ether oxygens (including phenoxy) is 3. The van der Waals surface area contributed by atoms with Crippen LogP contribution in [-0.4, -0.2) is 32.4 Å². The molecule has 118 valence electrons. The smallest absolute Gasteiger partial charge is 0.340 e. The maximum Gasteiger partial charge on any atom is 0.340 e. The minimum absolute atomic E-state index is 0.0226. The summed E-state index contributed by atoms with van der Waals surface area (Å²) < 4.78 is 29.2. The lowest BCUT2D eigenvalue weighted by Gasteiger charge is -2.12. The number of carbonyl (C=O) groups excluding carboxylic acids is 1. The van der Waals surface area contributed by atoms with E-state index in [-0.39, 0.29) is 30.2 Å². The quantitative estimate of drug-likeness (QED) is 0.454. The van der Waals surface area contributed by atoms with E-state index in [0.29, 0.717) is 19.1 Å². The largest absolute Gasteiger partial charge is 0.488 e. The molecule has 0 atom stereocenters. The van der Waals surface area contributed by atoms with Crippen LogP contribution in [0.5, 0.6) is 5.75 Å². The summed E-state index contributed by atoms with van der Waals surface area (Å²) in [5.74, 6) is -0.839. The number of nitrogen functional groups attached to an aromatic ring is 1. The molecular formula is C15H22FNO4. The number of carbonyl (C=O) groups is 1. The van der Waals surface area contributed by atoms with E-state index in [2.05, 4.69) is 0 Å². The highest BCUT2D eigenvalue weighted by Gasteiger charge is 2.16. The Morgan fingerprint density at radius 1 is 1.33 bits per heavy atom. The zero-order valence-electron chi connectivity index (χ0n) is 12.6. The number of esters is 1. The van der Waals surface area contributed by atoms with E-state index in [4.69, 9.17) is 19.9 Å². The van der Waals surface area contributed by atoms with Gasteiger partial charge >= 0.3 is 5.97 Å². The minimum atomic E-state index is -0.621. The molecule has 0 aliphatic carbocycles. The lowest BCUT2D eigenvalue weighted by Crippen LogP contribution is -2.12. The van der Waals surface area contributed by atoms with Crippen LogP contribution in [0, 0.1) is 11.7 Å². The predicted octanol–water partition coefficient (Wildman–Crippen LogP) is 2.64. The van der Waals surface area contributed by atoms with Gasteiger partial charge in [-0.25, -0.2) is 9.18 Å². The van der Waals surface area contributed by atoms with Crippen molar-refractivity contribution in [2.45, 2.75) is 20.8 Å². The Balaban J connectivity index is 2.65. The van der Waals surface area contributed by atoms with Crippen LogP contribution in [0.15, 0.2) is 12.1 Å². The van der Waals surface area contributed by atoms with Gasteiger partial charge in [-0.1, -0.05) is 13.8 Å². The molecule has 0 saturated carbocycles. The summed E-state index contributed by atoms with van der Waals surface area (Å²) in [4.78, 5) is 11.7. The van der Waals surface area contributed by atoms with Crippen molar-refractivity contribution in [1.82, 2.24) is 0 Å². The fourth-order valence-corrected chi connectivity index (χ4v) is 1.59. The van der Waals surface area contributed by atoms with Gasteiger partial charge in [-0.3, -0.25) is 0 Å². The summed E-state index contributed by atoms with van der Waals surface area (Å²) in [6.07, 6.45) is 0. The van der Waals surface area contributed by atoms with Crippen LogP contribution in [0.1, 0.15) is 31.1 Å². The first-order valence-electron chi connectivity index (χ1n) is 6.92. The highest BCUT2D eigenvalue weighted by atomic mass is 19.1. The lowest BCUT2D eigenvalue weighted by molar-refractivity contribution is 0.0526. The molecule has 0 bridgehead atoms. The van der Waals surface area contributed by atoms with Gasteiger partial charge in [0.1, 0.15) is 6.61 Å². The molecule has 0 spiro atoms. The monoisotopic (exact) mass is 299 g/mol. The molecule has 0 aromatic heterocycles. The molecule has 0 aliphatic rings. The Kier molecular flexibility index (Phi) is 6.94. The Labute approximate surface area is 124 Å². The summed E-state index contributed by atoms with van der Waals surface area (Å²) >= 11 is 0. The molecule has 5 nitrogen and oxygen atoms in total. The molecule has 0 aliphatic heterocycles. The third-order valence-corrected chi connectivity index (χ3v) is 2.54. The van der Waals surface area contributed by atoms with Gasteiger partial charge in [-0.2, -0.15) is 0 Å². The van der Waals surface area contributed by atoms with E-state index < -0.39 is 11.8 Å². The number of rotatable bonds is 8. The van der Waals surface area contributed by atoms with Crippen LogP contribution in [0.25, 0.3) is 0 Å². The predicted molar refractivity (Wildman–Crippen MR) is 77.9 cm³/mol. The van der Waals surface area contributed by atoms with Gasteiger partial charge < -0.3 is 19.9 Å². The molecule has 1 aromatic rings. The fourth-order valence-electron chi connectivity index (χ4n) is 1.59. The molecular weight excluding hydrogens is 277 g/mol. The molecule has 21 heavy (non-hydrogen) atoms. The van der Waals surface area contributed by atoms with Gasteiger partial charge in [0.15, 0.2) is 11.6 Å². The second kappa shape index (κ2) is 8.46. The van der Waals surface area contributed by atoms with Crippen molar-refractivity contribution in [2.75, 3.05) is 32.2 Å². The number of anilines is 1. The third-order valence-electron chi connectivity index (χ3n) is 2.54. The molecule has 1 aromatic carbocycles. The average molecular weight is 299 g/mol. The van der Waals surface area contributed by atoms with Gasteiger partial charge in [0.25, 0.3) is 0 Å². The van der Waals surface area contributed by atoms with Crippen molar-refractivity contribution < 1.29 is 23.4 Å². The molecule has 0 amide bonds. The molecule has 0 unspecified atom stereocenters. The van der Waals surface area contributed by atoms with Crippen molar-refractivity contribution in [3.8, 4) is 5.75 Å². The summed E-state index contributed by atoms with van der Waals surface area (Å²) in [7, 11) is 0. The van der Waals surface area contributed by atoms with Crippen LogP contribution in [-0.2, 0) is 9.47 Å². The maximum atomic E-state index is 13.7. The standard InChI is InChI=1S/C15H22FNO4/c1-4-20-15(18)11-7-14(12(16)8-13(11)17)21-6-5-19-9-10(2)3/h7-8,10H,4-6,9,17H2,1-3H3. The molecule has 0 heterocycles. The summed E-state index contributed by atoms with van der Waals surface area (Å²) in [6.45, 7) is 7.11. The van der Waals surface area contributed by atoms with E-state index in [1.807, 2.05) is 13.8 Å². The first kappa shape index (κ1) is 17.2. The zero-order chi connectivity index (χ0) is 15.8. The topological polar surface area (TPSA) is 70.8 Å². The third kappa shape index (κ3) is 5.59. The second-order valence-corrected chi connectivity index (χ2v) is 4.91. The zero-order valence-corrected chi connectivity index (χ0v) is 12.6. The molecule has 1 rings (SSSR count). The number of hydrogen-bond donors (Lipinski definition) is 1. The fraction of sp³-hybridized carbons (Fsp3) is 0.533. The Morgan fingerprint density at radius 2 is 2.05 bits per heavy atom. The Bertz CT molecular complexity index is 477. The van der Waals surface area contributed by atoms with Gasteiger partial charge in [0.2, 0.25) is 0 Å². The van der Waals surface area contributed by atoms with Crippen LogP contribution in [0.4, 0.5) is 10.1 Å². The van der Waals surface area contributed by atoms with Crippen molar-refractivity contribution in [1.29, 1.82) is 0 Å². The Morgan fingerprint density at radius 3 is 2.67 bits per heavy atom. The van der Waals surface area contributed by atoms with Gasteiger partial charge in [-0.15, -0.1) is 0 Å². The molecule has 2 N–H and O–H groups in total. The van der Waals surface area contributed by atoms with Crippen LogP contribution in [0.3, 0.4) is 0 Å². The van der Waals surface area contributed by atoms with E-state index in [1.54, 1.807) is 6.92 Å². The van der Waals surface area contributed by atoms with E-state index in [9.17, 15) is 9.18 Å². The highest BCUT2D eigenvalue weighted by Crippen LogP contribution is 2.25. The number of nitrogens with two attached hydrogens (primary N) is 1. The summed E-state index contributed by atoms with van der Waals surface area (Å²) in [5.41, 5.74) is 5.73.